The van der Waals surface area contributed by atoms with E-state index < -0.39 is 66.4 Å². The van der Waals surface area contributed by atoms with Crippen molar-refractivity contribution >= 4 is 29.8 Å². The number of alkyl halides is 3. The molecule has 0 fully saturated rings. The Kier molecular flexibility index (Phi) is 7.56. The Labute approximate surface area is 143 Å². The fraction of sp³-hybridized carbons (Fsp3) is 0.615. The molecule has 0 rings (SSSR count). The van der Waals surface area contributed by atoms with Gasteiger partial charge in [0, 0.05) is 0 Å². The van der Waals surface area contributed by atoms with Crippen LogP contribution in [0, 0.1) is 5.92 Å². The molecule has 0 aromatic rings. The van der Waals surface area contributed by atoms with Gasteiger partial charge >= 0.3 is 36.0 Å². The highest BCUT2D eigenvalue weighted by atomic mass is 19.4. The molecule has 4 N–H and O–H groups in total. The number of carboxylic acids is 3. The van der Waals surface area contributed by atoms with E-state index in [1.54, 1.807) is 0 Å². The second kappa shape index (κ2) is 8.49. The van der Waals surface area contributed by atoms with Crippen LogP contribution in [0.2, 0.25) is 0 Å². The van der Waals surface area contributed by atoms with Gasteiger partial charge in [0.25, 0.3) is 0 Å². The lowest BCUT2D eigenvalue weighted by Crippen LogP contribution is -2.54. The van der Waals surface area contributed by atoms with Gasteiger partial charge in [-0.2, -0.15) is 13.2 Å². The summed E-state index contributed by atoms with van der Waals surface area (Å²) in [5.74, 6) is -11.0. The van der Waals surface area contributed by atoms with Crippen LogP contribution in [-0.2, 0) is 28.7 Å². The lowest BCUT2D eigenvalue weighted by molar-refractivity contribution is -0.190. The lowest BCUT2D eigenvalue weighted by atomic mass is 9.94. The summed E-state index contributed by atoms with van der Waals surface area (Å²) in [6.07, 6.45) is -8.27. The Morgan fingerprint density at radius 1 is 0.962 bits per heavy atom. The van der Waals surface area contributed by atoms with Gasteiger partial charge in [-0.05, 0) is 5.92 Å². The van der Waals surface area contributed by atoms with E-state index in [0.717, 1.165) is 0 Å². The van der Waals surface area contributed by atoms with Gasteiger partial charge in [-0.3, -0.25) is 14.4 Å². The quantitative estimate of drug-likeness (QED) is 0.398. The van der Waals surface area contributed by atoms with Crippen LogP contribution in [0.5, 0.6) is 0 Å². The lowest BCUT2D eigenvalue weighted by Gasteiger charge is -2.30. The number of hydrogen-bond acceptors (Lipinski definition) is 6. The van der Waals surface area contributed by atoms with Crippen molar-refractivity contribution in [2.75, 3.05) is 0 Å². The van der Waals surface area contributed by atoms with E-state index in [0.29, 0.717) is 0 Å². The third-order valence-corrected chi connectivity index (χ3v) is 3.02. The summed E-state index contributed by atoms with van der Waals surface area (Å²) in [5, 5.41) is 27.9. The van der Waals surface area contributed by atoms with Crippen molar-refractivity contribution in [3.8, 4) is 0 Å². The highest BCUT2D eigenvalue weighted by Gasteiger charge is 2.49. The number of ether oxygens (including phenoxy) is 1. The summed E-state index contributed by atoms with van der Waals surface area (Å²) < 4.78 is 41.5. The molecule has 0 spiro atoms. The number of amides is 1. The molecule has 1 atom stereocenters. The number of rotatable bonds is 9. The van der Waals surface area contributed by atoms with Gasteiger partial charge in [-0.25, -0.2) is 9.59 Å². The Hall–Kier alpha value is -2.86. The van der Waals surface area contributed by atoms with E-state index in [2.05, 4.69) is 4.74 Å². The van der Waals surface area contributed by atoms with Crippen molar-refractivity contribution in [2.45, 2.75) is 44.5 Å². The normalized spacial score (nSPS) is 13.0. The molecule has 0 aromatic heterocycles. The van der Waals surface area contributed by atoms with Crippen LogP contribution in [0.4, 0.5) is 13.2 Å². The molecule has 0 aliphatic heterocycles. The number of esters is 1. The predicted molar refractivity (Wildman–Crippen MR) is 73.8 cm³/mol. The molecule has 0 aliphatic rings. The second-order valence-corrected chi connectivity index (χ2v) is 5.55. The molecular weight excluding hydrogens is 371 g/mol. The van der Waals surface area contributed by atoms with Crippen molar-refractivity contribution in [3.05, 3.63) is 0 Å². The van der Waals surface area contributed by atoms with Crippen LogP contribution in [0.1, 0.15) is 26.7 Å². The van der Waals surface area contributed by atoms with Gasteiger partial charge in [0.1, 0.15) is 6.04 Å². The van der Waals surface area contributed by atoms with Crippen LogP contribution in [-0.4, -0.2) is 62.9 Å². The molecule has 0 saturated heterocycles. The van der Waals surface area contributed by atoms with Crippen molar-refractivity contribution in [3.63, 3.8) is 0 Å². The van der Waals surface area contributed by atoms with Crippen molar-refractivity contribution in [1.82, 2.24) is 5.32 Å². The van der Waals surface area contributed by atoms with E-state index in [9.17, 15) is 37.1 Å². The van der Waals surface area contributed by atoms with Gasteiger partial charge in [0.15, 0.2) is 0 Å². The molecule has 0 heterocycles. The number of halogens is 3. The predicted octanol–water partition coefficient (Wildman–Crippen LogP) is 0.00550. The summed E-state index contributed by atoms with van der Waals surface area (Å²) in [4.78, 5) is 56.1. The minimum Gasteiger partial charge on any atom is -0.481 e. The number of carbonyl (C=O) groups excluding carboxylic acids is 2. The molecular formula is C13H16F3NO9. The maximum Gasteiger partial charge on any atom is 0.471 e. The average Bonchev–Trinajstić information content (AvgIpc) is 2.40. The van der Waals surface area contributed by atoms with Gasteiger partial charge in [-0.1, -0.05) is 13.8 Å². The molecule has 0 unspecified atom stereocenters. The van der Waals surface area contributed by atoms with Crippen LogP contribution in [0.15, 0.2) is 0 Å². The highest BCUT2D eigenvalue weighted by molar-refractivity contribution is 5.93. The average molecular weight is 387 g/mol. The Bertz CT molecular complexity index is 584. The van der Waals surface area contributed by atoms with E-state index in [1.807, 2.05) is 0 Å². The molecule has 0 bridgehead atoms. The molecule has 148 valence electrons. The third kappa shape index (κ3) is 6.57. The topological polar surface area (TPSA) is 167 Å². The zero-order chi connectivity index (χ0) is 20.9. The number of carboxylic acid groups (broad SMARTS) is 3. The largest absolute Gasteiger partial charge is 0.481 e. The summed E-state index contributed by atoms with van der Waals surface area (Å²) in [6, 6.07) is -1.99. The molecule has 0 aliphatic carbocycles. The van der Waals surface area contributed by atoms with E-state index in [1.165, 1.54) is 19.2 Å². The summed E-state index contributed by atoms with van der Waals surface area (Å²) >= 11 is 0. The number of aliphatic carboxylic acids is 3. The van der Waals surface area contributed by atoms with Crippen LogP contribution >= 0.6 is 0 Å². The SMILES string of the molecule is CC(C)[C@H](NC(=O)C(F)(F)F)C(=O)OC(CC(=O)O)(CC(=O)O)C(=O)O. The van der Waals surface area contributed by atoms with Gasteiger partial charge in [0.05, 0.1) is 12.8 Å². The molecule has 26 heavy (non-hydrogen) atoms. The van der Waals surface area contributed by atoms with Crippen LogP contribution in [0.25, 0.3) is 0 Å². The van der Waals surface area contributed by atoms with Gasteiger partial charge in [0.2, 0.25) is 5.60 Å². The molecule has 0 saturated carbocycles. The molecule has 0 radical (unpaired) electrons. The maximum absolute atomic E-state index is 12.3. The monoisotopic (exact) mass is 387 g/mol. The minimum absolute atomic E-state index is 1.02. The summed E-state index contributed by atoms with van der Waals surface area (Å²) in [7, 11) is 0. The highest BCUT2D eigenvalue weighted by Crippen LogP contribution is 2.24. The van der Waals surface area contributed by atoms with Crippen LogP contribution < -0.4 is 5.32 Å². The fourth-order valence-electron chi connectivity index (χ4n) is 1.79. The number of hydrogen-bond donors (Lipinski definition) is 4. The minimum atomic E-state index is -5.35. The standard InChI is InChI=1S/C13H16F3NO9/c1-5(2)8(17-10(23)13(14,15)16)9(22)26-12(11(24)25,3-6(18)19)4-7(20)21/h5,8H,3-4H2,1-2H3,(H,17,23)(H,18,19)(H,20,21)(H,24,25)/t8-/m0/s1. The van der Waals surface area contributed by atoms with E-state index in [4.69, 9.17) is 15.3 Å². The fourth-order valence-corrected chi connectivity index (χ4v) is 1.79. The first-order chi connectivity index (χ1) is 11.6. The molecule has 0 aromatic carbocycles. The van der Waals surface area contributed by atoms with Crippen molar-refractivity contribution in [1.29, 1.82) is 0 Å². The molecule has 13 heteroatoms. The zero-order valence-electron chi connectivity index (χ0n) is 13.5. The van der Waals surface area contributed by atoms with E-state index in [-0.39, 0.29) is 0 Å². The summed E-state index contributed by atoms with van der Waals surface area (Å²) in [5.41, 5.74) is -3.06. The Morgan fingerprint density at radius 2 is 1.38 bits per heavy atom. The van der Waals surface area contributed by atoms with Gasteiger partial charge in [-0.15, -0.1) is 0 Å². The molecule has 1 amide bonds. The molecule has 10 nitrogen and oxygen atoms in total. The first-order valence-corrected chi connectivity index (χ1v) is 6.90. The second-order valence-electron chi connectivity index (χ2n) is 5.55. The zero-order valence-corrected chi connectivity index (χ0v) is 13.5. The Morgan fingerprint density at radius 3 is 1.65 bits per heavy atom. The Balaban J connectivity index is 5.72. The number of carbonyl (C=O) groups is 5. The maximum atomic E-state index is 12.3. The number of nitrogens with one attached hydrogen (secondary N) is 1. The van der Waals surface area contributed by atoms with Crippen molar-refractivity contribution in [2.24, 2.45) is 5.92 Å². The van der Waals surface area contributed by atoms with Gasteiger partial charge < -0.3 is 25.4 Å². The van der Waals surface area contributed by atoms with Crippen LogP contribution in [0.3, 0.4) is 0 Å². The third-order valence-electron chi connectivity index (χ3n) is 3.02. The summed E-state index contributed by atoms with van der Waals surface area (Å²) in [6.45, 7) is 2.39. The first kappa shape index (κ1) is 23.1. The van der Waals surface area contributed by atoms with E-state index >= 15 is 0 Å². The van der Waals surface area contributed by atoms with Crippen molar-refractivity contribution < 1.29 is 57.2 Å². The first-order valence-electron chi connectivity index (χ1n) is 6.90. The smallest absolute Gasteiger partial charge is 0.471 e.